The van der Waals surface area contributed by atoms with E-state index in [2.05, 4.69) is 10.3 Å². The molecule has 0 amide bonds. The van der Waals surface area contributed by atoms with Crippen molar-refractivity contribution >= 4 is 21.6 Å². The zero-order chi connectivity index (χ0) is 16.6. The van der Waals surface area contributed by atoms with Crippen LogP contribution in [0.3, 0.4) is 0 Å². The van der Waals surface area contributed by atoms with E-state index in [9.17, 15) is 12.8 Å². The van der Waals surface area contributed by atoms with Crippen molar-refractivity contribution < 1.29 is 12.8 Å². The summed E-state index contributed by atoms with van der Waals surface area (Å²) < 4.78 is 42.3. The molecule has 6 nitrogen and oxygen atoms in total. The lowest BCUT2D eigenvalue weighted by Gasteiger charge is -2.34. The van der Waals surface area contributed by atoms with Crippen LogP contribution < -0.4 is 5.32 Å². The van der Waals surface area contributed by atoms with Crippen LogP contribution in [0.2, 0.25) is 5.02 Å². The van der Waals surface area contributed by atoms with Gasteiger partial charge in [0.1, 0.15) is 16.5 Å². The zero-order valence-corrected chi connectivity index (χ0v) is 14.0. The highest BCUT2D eigenvalue weighted by atomic mass is 35.5. The van der Waals surface area contributed by atoms with Gasteiger partial charge in [0.25, 0.3) is 0 Å². The van der Waals surface area contributed by atoms with Crippen molar-refractivity contribution in [2.45, 2.75) is 10.9 Å². The number of hydrogen-bond donors (Lipinski definition) is 1. The minimum Gasteiger partial charge on any atom is -0.337 e. The van der Waals surface area contributed by atoms with Gasteiger partial charge in [-0.2, -0.15) is 4.31 Å². The molecule has 1 unspecified atom stereocenters. The van der Waals surface area contributed by atoms with Crippen molar-refractivity contribution in [1.29, 1.82) is 0 Å². The second-order valence-corrected chi connectivity index (χ2v) is 7.57. The lowest BCUT2D eigenvalue weighted by atomic mass is 10.2. The van der Waals surface area contributed by atoms with Crippen molar-refractivity contribution in [3.63, 3.8) is 0 Å². The predicted octanol–water partition coefficient (Wildman–Crippen LogP) is 1.55. The van der Waals surface area contributed by atoms with Gasteiger partial charge in [0.15, 0.2) is 0 Å². The number of hydrogen-bond acceptors (Lipinski definition) is 4. The summed E-state index contributed by atoms with van der Waals surface area (Å²) in [5, 5.41) is 3.05. The van der Waals surface area contributed by atoms with Gasteiger partial charge in [-0.15, -0.1) is 0 Å². The Kier molecular flexibility index (Phi) is 4.41. The molecule has 0 aliphatic carbocycles. The molecule has 1 atom stereocenters. The van der Waals surface area contributed by atoms with E-state index < -0.39 is 21.9 Å². The summed E-state index contributed by atoms with van der Waals surface area (Å²) >= 11 is 5.95. The maximum atomic E-state index is 13.2. The Bertz CT molecular complexity index is 824. The third-order valence-corrected chi connectivity index (χ3v) is 6.22. The van der Waals surface area contributed by atoms with Crippen molar-refractivity contribution in [3.8, 4) is 0 Å². The van der Waals surface area contributed by atoms with E-state index in [-0.39, 0.29) is 16.5 Å². The van der Waals surface area contributed by atoms with Gasteiger partial charge in [-0.25, -0.2) is 17.8 Å². The molecule has 0 bridgehead atoms. The van der Waals surface area contributed by atoms with E-state index in [0.717, 1.165) is 12.1 Å². The molecule has 2 heterocycles. The first-order valence-electron chi connectivity index (χ1n) is 7.06. The van der Waals surface area contributed by atoms with Crippen LogP contribution in [0.1, 0.15) is 11.9 Å². The van der Waals surface area contributed by atoms with Gasteiger partial charge >= 0.3 is 0 Å². The van der Waals surface area contributed by atoms with Crippen LogP contribution in [0.15, 0.2) is 35.5 Å². The highest BCUT2D eigenvalue weighted by Crippen LogP contribution is 2.31. The Hall–Kier alpha value is -1.48. The maximum Gasteiger partial charge on any atom is 0.245 e. The molecule has 1 aliphatic rings. The summed E-state index contributed by atoms with van der Waals surface area (Å²) in [6.07, 6.45) is 3.39. The molecule has 0 radical (unpaired) electrons. The van der Waals surface area contributed by atoms with Crippen molar-refractivity contribution in [2.75, 3.05) is 19.6 Å². The average Bonchev–Trinajstić information content (AvgIpc) is 2.93. The molecular weight excluding hydrogens is 343 g/mol. The van der Waals surface area contributed by atoms with Crippen molar-refractivity contribution in [1.82, 2.24) is 19.2 Å². The normalized spacial score (nSPS) is 19.9. The number of halogens is 2. The maximum absolute atomic E-state index is 13.2. The minimum absolute atomic E-state index is 0.0957. The third kappa shape index (κ3) is 2.99. The molecule has 9 heteroatoms. The van der Waals surface area contributed by atoms with E-state index in [0.29, 0.717) is 18.9 Å². The van der Waals surface area contributed by atoms with Crippen LogP contribution in [-0.2, 0) is 17.1 Å². The fraction of sp³-hybridized carbons (Fsp3) is 0.357. The van der Waals surface area contributed by atoms with Crippen LogP contribution in [-0.4, -0.2) is 41.9 Å². The summed E-state index contributed by atoms with van der Waals surface area (Å²) in [5.41, 5.74) is 0. The summed E-state index contributed by atoms with van der Waals surface area (Å²) in [5.74, 6) is 0.0638. The van der Waals surface area contributed by atoms with Crippen LogP contribution in [0, 0.1) is 5.82 Å². The van der Waals surface area contributed by atoms with Crippen LogP contribution in [0.25, 0.3) is 0 Å². The molecule has 124 valence electrons. The monoisotopic (exact) mass is 358 g/mol. The Labute approximate surface area is 138 Å². The SMILES string of the molecule is Cn1ccnc1C1CNCCN1S(=O)(=O)c1ccc(F)cc1Cl. The van der Waals surface area contributed by atoms with E-state index in [4.69, 9.17) is 11.6 Å². The third-order valence-electron chi connectivity index (χ3n) is 3.83. The second kappa shape index (κ2) is 6.20. The summed E-state index contributed by atoms with van der Waals surface area (Å²) in [6.45, 7) is 1.26. The first kappa shape index (κ1) is 16.4. The minimum atomic E-state index is -3.86. The fourth-order valence-corrected chi connectivity index (χ4v) is 4.80. The van der Waals surface area contributed by atoms with Gasteiger partial charge in [-0.05, 0) is 18.2 Å². The summed E-state index contributed by atoms with van der Waals surface area (Å²) in [4.78, 5) is 4.16. The smallest absolute Gasteiger partial charge is 0.245 e. The highest BCUT2D eigenvalue weighted by Gasteiger charge is 2.37. The largest absolute Gasteiger partial charge is 0.337 e. The second-order valence-electron chi connectivity index (χ2n) is 5.31. The molecule has 1 N–H and O–H groups in total. The van der Waals surface area contributed by atoms with Crippen LogP contribution in [0.4, 0.5) is 4.39 Å². The summed E-state index contributed by atoms with van der Waals surface area (Å²) in [6, 6.07) is 2.85. The van der Waals surface area contributed by atoms with Gasteiger partial charge in [-0.3, -0.25) is 0 Å². The predicted molar refractivity (Wildman–Crippen MR) is 84.1 cm³/mol. The number of aryl methyl sites for hydroxylation is 1. The van der Waals surface area contributed by atoms with Gasteiger partial charge in [0.2, 0.25) is 10.0 Å². The lowest BCUT2D eigenvalue weighted by molar-refractivity contribution is 0.258. The van der Waals surface area contributed by atoms with Crippen molar-refractivity contribution in [3.05, 3.63) is 47.3 Å². The fourth-order valence-electron chi connectivity index (χ4n) is 2.70. The first-order valence-corrected chi connectivity index (χ1v) is 8.88. The number of sulfonamides is 1. The molecular formula is C14H16ClFN4O2S. The summed E-state index contributed by atoms with van der Waals surface area (Å²) in [7, 11) is -2.05. The van der Waals surface area contributed by atoms with E-state index in [1.54, 1.807) is 17.0 Å². The molecule has 0 spiro atoms. The molecule has 1 aromatic heterocycles. The van der Waals surface area contributed by atoms with Crippen molar-refractivity contribution in [2.24, 2.45) is 7.05 Å². The highest BCUT2D eigenvalue weighted by molar-refractivity contribution is 7.89. The molecule has 1 aromatic carbocycles. The Morgan fingerprint density at radius 1 is 1.43 bits per heavy atom. The zero-order valence-electron chi connectivity index (χ0n) is 12.4. The van der Waals surface area contributed by atoms with E-state index in [1.165, 1.54) is 10.4 Å². The lowest BCUT2D eigenvalue weighted by Crippen LogP contribution is -2.49. The Morgan fingerprint density at radius 3 is 2.87 bits per heavy atom. The Morgan fingerprint density at radius 2 is 2.22 bits per heavy atom. The van der Waals surface area contributed by atoms with Gasteiger partial charge < -0.3 is 9.88 Å². The van der Waals surface area contributed by atoms with Gasteiger partial charge in [-0.1, -0.05) is 11.6 Å². The van der Waals surface area contributed by atoms with Crippen LogP contribution in [0.5, 0.6) is 0 Å². The quantitative estimate of drug-likeness (QED) is 0.904. The number of benzene rings is 1. The standard InChI is InChI=1S/C14H16ClFN4O2S/c1-19-6-5-18-14(19)12-9-17-4-7-20(12)23(21,22)13-3-2-10(16)8-11(13)15/h2-3,5-6,8,12,17H,4,7,9H2,1H3. The van der Waals surface area contributed by atoms with E-state index in [1.807, 2.05) is 7.05 Å². The van der Waals surface area contributed by atoms with Crippen LogP contribution >= 0.6 is 11.6 Å². The topological polar surface area (TPSA) is 67.2 Å². The van der Waals surface area contributed by atoms with E-state index >= 15 is 0 Å². The molecule has 2 aromatic rings. The molecule has 23 heavy (non-hydrogen) atoms. The number of nitrogens with zero attached hydrogens (tertiary/aromatic N) is 3. The molecule has 1 aliphatic heterocycles. The Balaban J connectivity index is 2.04. The number of nitrogens with one attached hydrogen (secondary N) is 1. The molecule has 3 rings (SSSR count). The van der Waals surface area contributed by atoms with Gasteiger partial charge in [0, 0.05) is 39.1 Å². The molecule has 1 saturated heterocycles. The van der Waals surface area contributed by atoms with Gasteiger partial charge in [0.05, 0.1) is 11.1 Å². The average molecular weight is 359 g/mol. The number of imidazole rings is 1. The first-order chi connectivity index (χ1) is 10.9. The number of aromatic nitrogens is 2. The number of rotatable bonds is 3. The number of piperazine rings is 1. The molecule has 0 saturated carbocycles. The molecule has 1 fully saturated rings.